The molecule has 1 aromatic carbocycles. The smallest absolute Gasteiger partial charge is 0.169 e. The zero-order valence-corrected chi connectivity index (χ0v) is 12.5. The number of hydrogen-bond donors (Lipinski definition) is 0. The fourth-order valence-electron chi connectivity index (χ4n) is 2.76. The van der Waals surface area contributed by atoms with E-state index in [1.54, 1.807) is 0 Å². The Bertz CT molecular complexity index is 434. The molecular formula is C17H25NO. The van der Waals surface area contributed by atoms with Crippen LogP contribution < -0.4 is 0 Å². The highest BCUT2D eigenvalue weighted by molar-refractivity contribution is 6.00. The van der Waals surface area contributed by atoms with E-state index in [0.717, 1.165) is 18.0 Å². The average molecular weight is 259 g/mol. The minimum atomic E-state index is -0.334. The topological polar surface area (TPSA) is 20.3 Å². The van der Waals surface area contributed by atoms with Crippen molar-refractivity contribution < 1.29 is 4.79 Å². The summed E-state index contributed by atoms with van der Waals surface area (Å²) in [5.74, 6) is 1.08. The molecule has 2 nitrogen and oxygen atoms in total. The van der Waals surface area contributed by atoms with Crippen molar-refractivity contribution in [3.63, 3.8) is 0 Å². The molecule has 1 saturated carbocycles. The van der Waals surface area contributed by atoms with Crippen molar-refractivity contribution in [2.24, 2.45) is 11.3 Å². The average Bonchev–Trinajstić information content (AvgIpc) is 3.21. The van der Waals surface area contributed by atoms with Crippen molar-refractivity contribution in [2.45, 2.75) is 39.7 Å². The van der Waals surface area contributed by atoms with Gasteiger partial charge in [0.05, 0.1) is 0 Å². The minimum absolute atomic E-state index is 0.239. The van der Waals surface area contributed by atoms with Gasteiger partial charge in [0.2, 0.25) is 0 Å². The Labute approximate surface area is 116 Å². The number of Topliss-reactive ketones (excluding diaryl/α,β-unsaturated/α-hetero) is 1. The number of ketones is 1. The Morgan fingerprint density at radius 3 is 2.42 bits per heavy atom. The molecular weight excluding hydrogens is 234 g/mol. The lowest BCUT2D eigenvalue weighted by atomic mass is 9.83. The van der Waals surface area contributed by atoms with Gasteiger partial charge in [0, 0.05) is 23.6 Å². The van der Waals surface area contributed by atoms with Crippen LogP contribution in [0.3, 0.4) is 0 Å². The van der Waals surface area contributed by atoms with Crippen LogP contribution in [0.1, 0.15) is 44.0 Å². The molecule has 1 atom stereocenters. The molecule has 0 amide bonds. The fourth-order valence-corrected chi connectivity index (χ4v) is 2.76. The molecule has 1 aliphatic rings. The summed E-state index contributed by atoms with van der Waals surface area (Å²) in [5, 5.41) is 0. The number of benzene rings is 1. The van der Waals surface area contributed by atoms with Gasteiger partial charge in [-0.1, -0.05) is 44.2 Å². The SMILES string of the molecule is CC(C1CC1)N(C)CC(C)(C)C(=O)c1ccccc1. The van der Waals surface area contributed by atoms with Crippen molar-refractivity contribution in [3.05, 3.63) is 35.9 Å². The summed E-state index contributed by atoms with van der Waals surface area (Å²) in [5.41, 5.74) is 0.485. The van der Waals surface area contributed by atoms with Crippen LogP contribution in [0, 0.1) is 11.3 Å². The molecule has 0 radical (unpaired) electrons. The predicted octanol–water partition coefficient (Wildman–Crippen LogP) is 3.63. The Kier molecular flexibility index (Phi) is 4.10. The number of hydrogen-bond acceptors (Lipinski definition) is 2. The normalized spacial score (nSPS) is 17.5. The van der Waals surface area contributed by atoms with Gasteiger partial charge in [-0.3, -0.25) is 4.79 Å². The molecule has 1 aliphatic carbocycles. The third kappa shape index (κ3) is 3.44. The number of carbonyl (C=O) groups excluding carboxylic acids is 1. The van der Waals surface area contributed by atoms with Crippen LogP contribution in [0.25, 0.3) is 0 Å². The maximum Gasteiger partial charge on any atom is 0.169 e. The quantitative estimate of drug-likeness (QED) is 0.727. The first kappa shape index (κ1) is 14.3. The molecule has 2 heteroatoms. The Balaban J connectivity index is 2.02. The van der Waals surface area contributed by atoms with Crippen molar-refractivity contribution in [1.82, 2.24) is 4.90 Å². The minimum Gasteiger partial charge on any atom is -0.302 e. The number of nitrogens with zero attached hydrogens (tertiary/aromatic N) is 1. The van der Waals surface area contributed by atoms with Crippen molar-refractivity contribution in [3.8, 4) is 0 Å². The lowest BCUT2D eigenvalue weighted by molar-refractivity contribution is 0.0746. The van der Waals surface area contributed by atoms with Gasteiger partial charge in [-0.25, -0.2) is 0 Å². The second-order valence-electron chi connectivity index (χ2n) is 6.57. The van der Waals surface area contributed by atoms with E-state index in [9.17, 15) is 4.79 Å². The van der Waals surface area contributed by atoms with Crippen LogP contribution in [0.5, 0.6) is 0 Å². The van der Waals surface area contributed by atoms with E-state index >= 15 is 0 Å². The van der Waals surface area contributed by atoms with E-state index in [4.69, 9.17) is 0 Å². The van der Waals surface area contributed by atoms with E-state index in [1.807, 2.05) is 30.3 Å². The van der Waals surface area contributed by atoms with Crippen LogP contribution in [-0.2, 0) is 0 Å². The van der Waals surface area contributed by atoms with Crippen LogP contribution in [0.2, 0.25) is 0 Å². The molecule has 0 spiro atoms. The van der Waals surface area contributed by atoms with Gasteiger partial charge in [-0.05, 0) is 32.7 Å². The monoisotopic (exact) mass is 259 g/mol. The van der Waals surface area contributed by atoms with Gasteiger partial charge in [-0.15, -0.1) is 0 Å². The third-order valence-electron chi connectivity index (χ3n) is 4.29. The molecule has 19 heavy (non-hydrogen) atoms. The van der Waals surface area contributed by atoms with E-state index in [-0.39, 0.29) is 11.2 Å². The zero-order valence-electron chi connectivity index (χ0n) is 12.5. The molecule has 2 rings (SSSR count). The van der Waals surface area contributed by atoms with Crippen LogP contribution >= 0.6 is 0 Å². The van der Waals surface area contributed by atoms with Gasteiger partial charge in [0.25, 0.3) is 0 Å². The molecule has 0 aliphatic heterocycles. The second kappa shape index (κ2) is 5.46. The van der Waals surface area contributed by atoms with Gasteiger partial charge in [0.1, 0.15) is 0 Å². The third-order valence-corrected chi connectivity index (χ3v) is 4.29. The summed E-state index contributed by atoms with van der Waals surface area (Å²) in [6, 6.07) is 10.2. The summed E-state index contributed by atoms with van der Waals surface area (Å²) < 4.78 is 0. The van der Waals surface area contributed by atoms with Crippen molar-refractivity contribution in [1.29, 1.82) is 0 Å². The van der Waals surface area contributed by atoms with Gasteiger partial charge < -0.3 is 4.90 Å². The molecule has 0 N–H and O–H groups in total. The Morgan fingerprint density at radius 1 is 1.32 bits per heavy atom. The molecule has 0 saturated heterocycles. The van der Waals surface area contributed by atoms with Gasteiger partial charge in [-0.2, -0.15) is 0 Å². The first-order valence-electron chi connectivity index (χ1n) is 7.22. The lowest BCUT2D eigenvalue weighted by Gasteiger charge is -2.33. The molecule has 0 bridgehead atoms. The van der Waals surface area contributed by atoms with E-state index in [1.165, 1.54) is 12.8 Å². The molecule has 104 valence electrons. The van der Waals surface area contributed by atoms with Crippen molar-refractivity contribution in [2.75, 3.05) is 13.6 Å². The first-order valence-corrected chi connectivity index (χ1v) is 7.22. The standard InChI is InChI=1S/C17H25NO/c1-13(14-10-11-14)18(4)12-17(2,3)16(19)15-8-6-5-7-9-15/h5-9,13-14H,10-12H2,1-4H3. The summed E-state index contributed by atoms with van der Waals surface area (Å²) in [6.45, 7) is 7.20. The predicted molar refractivity (Wildman–Crippen MR) is 79.4 cm³/mol. The van der Waals surface area contributed by atoms with Gasteiger partial charge in [0.15, 0.2) is 5.78 Å². The van der Waals surface area contributed by atoms with Crippen LogP contribution in [0.4, 0.5) is 0 Å². The summed E-state index contributed by atoms with van der Waals surface area (Å²) in [6.07, 6.45) is 2.69. The number of carbonyl (C=O) groups is 1. The van der Waals surface area contributed by atoms with Crippen LogP contribution in [0.15, 0.2) is 30.3 Å². The van der Waals surface area contributed by atoms with E-state index in [0.29, 0.717) is 6.04 Å². The highest BCUT2D eigenvalue weighted by Crippen LogP contribution is 2.36. The van der Waals surface area contributed by atoms with E-state index in [2.05, 4.69) is 32.7 Å². The largest absolute Gasteiger partial charge is 0.302 e. The molecule has 1 fully saturated rings. The molecule has 1 unspecified atom stereocenters. The Hall–Kier alpha value is -1.15. The molecule has 1 aromatic rings. The lowest BCUT2D eigenvalue weighted by Crippen LogP contribution is -2.42. The maximum atomic E-state index is 12.6. The zero-order chi connectivity index (χ0) is 14.0. The highest BCUT2D eigenvalue weighted by Gasteiger charge is 2.35. The maximum absolute atomic E-state index is 12.6. The number of rotatable bonds is 6. The highest BCUT2D eigenvalue weighted by atomic mass is 16.1. The Morgan fingerprint density at radius 2 is 1.89 bits per heavy atom. The van der Waals surface area contributed by atoms with Crippen molar-refractivity contribution >= 4 is 5.78 Å². The fraction of sp³-hybridized carbons (Fsp3) is 0.588. The summed E-state index contributed by atoms with van der Waals surface area (Å²) >= 11 is 0. The van der Waals surface area contributed by atoms with E-state index < -0.39 is 0 Å². The van der Waals surface area contributed by atoms with Gasteiger partial charge >= 0.3 is 0 Å². The second-order valence-corrected chi connectivity index (χ2v) is 6.57. The summed E-state index contributed by atoms with van der Waals surface area (Å²) in [7, 11) is 2.14. The first-order chi connectivity index (χ1) is 8.92. The molecule has 0 aromatic heterocycles. The summed E-state index contributed by atoms with van der Waals surface area (Å²) in [4.78, 5) is 14.9. The molecule has 0 heterocycles. The van der Waals surface area contributed by atoms with Crippen LogP contribution in [-0.4, -0.2) is 30.3 Å².